The number of nitro groups is 1. The predicted octanol–water partition coefficient (Wildman–Crippen LogP) is 2.79. The molecule has 0 fully saturated rings. The zero-order valence-electron chi connectivity index (χ0n) is 9.64. The molecule has 0 bridgehead atoms. The molecule has 17 heavy (non-hydrogen) atoms. The van der Waals surface area contributed by atoms with Crippen molar-refractivity contribution in [1.82, 2.24) is 0 Å². The fourth-order valence-electron chi connectivity index (χ4n) is 1.13. The van der Waals surface area contributed by atoms with Crippen LogP contribution in [0.3, 0.4) is 0 Å². The van der Waals surface area contributed by atoms with E-state index in [2.05, 4.69) is 0 Å². The number of rotatable bonds is 5. The van der Waals surface area contributed by atoms with Crippen LogP contribution in [0.2, 0.25) is 5.02 Å². The predicted molar refractivity (Wildman–Crippen MR) is 64.5 cm³/mol. The summed E-state index contributed by atoms with van der Waals surface area (Å²) in [5.41, 5.74) is -0.916. The summed E-state index contributed by atoms with van der Waals surface area (Å²) < 4.78 is 5.31. The Hall–Kier alpha value is -1.33. The van der Waals surface area contributed by atoms with Gasteiger partial charge in [-0.2, -0.15) is 0 Å². The lowest BCUT2D eigenvalue weighted by molar-refractivity contribution is -0.384. The van der Waals surface area contributed by atoms with E-state index >= 15 is 0 Å². The highest BCUT2D eigenvalue weighted by molar-refractivity contribution is 6.32. The molecule has 1 N–H and O–H groups in total. The quantitative estimate of drug-likeness (QED) is 0.652. The molecule has 1 aromatic rings. The van der Waals surface area contributed by atoms with Crippen molar-refractivity contribution in [1.29, 1.82) is 0 Å². The van der Waals surface area contributed by atoms with E-state index in [0.29, 0.717) is 11.4 Å². The first-order chi connectivity index (χ1) is 7.79. The number of hydrogen-bond donors (Lipinski definition) is 1. The van der Waals surface area contributed by atoms with Crippen LogP contribution in [-0.4, -0.2) is 22.2 Å². The Morgan fingerprint density at radius 1 is 1.53 bits per heavy atom. The highest BCUT2D eigenvalue weighted by atomic mass is 35.5. The smallest absolute Gasteiger partial charge is 0.273 e. The highest BCUT2D eigenvalue weighted by Gasteiger charge is 2.14. The van der Waals surface area contributed by atoms with Crippen molar-refractivity contribution in [3.63, 3.8) is 0 Å². The van der Waals surface area contributed by atoms with Crippen LogP contribution in [0.1, 0.15) is 20.3 Å². The Morgan fingerprint density at radius 2 is 2.18 bits per heavy atom. The monoisotopic (exact) mass is 259 g/mol. The van der Waals surface area contributed by atoms with E-state index in [0.717, 1.165) is 0 Å². The van der Waals surface area contributed by atoms with Crippen LogP contribution in [-0.2, 0) is 0 Å². The zero-order valence-corrected chi connectivity index (χ0v) is 10.4. The fourth-order valence-corrected chi connectivity index (χ4v) is 1.30. The minimum absolute atomic E-state index is 0.0762. The van der Waals surface area contributed by atoms with E-state index in [1.807, 2.05) is 0 Å². The summed E-state index contributed by atoms with van der Waals surface area (Å²) in [6.07, 6.45) is 0.409. The van der Waals surface area contributed by atoms with Crippen LogP contribution >= 0.6 is 11.6 Å². The number of ether oxygens (including phenoxy) is 1. The second kappa shape index (κ2) is 5.33. The molecule has 0 aliphatic heterocycles. The molecular weight excluding hydrogens is 246 g/mol. The maximum atomic E-state index is 10.6. The highest BCUT2D eigenvalue weighted by Crippen LogP contribution is 2.29. The standard InChI is InChI=1S/C11H14ClNO4/c1-11(2,14)5-6-17-10-7-8(13(15)16)3-4-9(10)12/h3-4,7,14H,5-6H2,1-2H3. The van der Waals surface area contributed by atoms with Gasteiger partial charge in [-0.25, -0.2) is 0 Å². The molecule has 0 heterocycles. The Morgan fingerprint density at radius 3 is 2.71 bits per heavy atom. The third-order valence-corrected chi connectivity index (χ3v) is 2.41. The minimum atomic E-state index is -0.840. The fraction of sp³-hybridized carbons (Fsp3) is 0.455. The van der Waals surface area contributed by atoms with Crippen molar-refractivity contribution in [2.75, 3.05) is 6.61 Å². The van der Waals surface area contributed by atoms with E-state index < -0.39 is 10.5 Å². The number of hydrogen-bond acceptors (Lipinski definition) is 4. The van der Waals surface area contributed by atoms with Gasteiger partial charge in [-0.15, -0.1) is 0 Å². The lowest BCUT2D eigenvalue weighted by Crippen LogP contribution is -2.21. The van der Waals surface area contributed by atoms with Gasteiger partial charge >= 0.3 is 0 Å². The van der Waals surface area contributed by atoms with Gasteiger partial charge in [0.25, 0.3) is 5.69 Å². The Balaban J connectivity index is 2.70. The molecule has 6 heteroatoms. The molecule has 5 nitrogen and oxygen atoms in total. The molecule has 0 aliphatic carbocycles. The molecule has 0 saturated heterocycles. The van der Waals surface area contributed by atoms with Gasteiger partial charge in [0.15, 0.2) is 0 Å². The average molecular weight is 260 g/mol. The van der Waals surface area contributed by atoms with Gasteiger partial charge in [0.2, 0.25) is 0 Å². The topological polar surface area (TPSA) is 72.6 Å². The minimum Gasteiger partial charge on any atom is -0.492 e. The number of nitro benzene ring substituents is 1. The average Bonchev–Trinajstić information content (AvgIpc) is 2.18. The van der Waals surface area contributed by atoms with Gasteiger partial charge < -0.3 is 9.84 Å². The first-order valence-electron chi connectivity index (χ1n) is 5.09. The zero-order chi connectivity index (χ0) is 13.1. The molecule has 0 aromatic heterocycles. The molecule has 0 unspecified atom stereocenters. The number of benzene rings is 1. The van der Waals surface area contributed by atoms with Crippen LogP contribution in [0.25, 0.3) is 0 Å². The third-order valence-electron chi connectivity index (χ3n) is 2.10. The van der Waals surface area contributed by atoms with Crippen LogP contribution in [0, 0.1) is 10.1 Å². The molecule has 0 spiro atoms. The Kier molecular flexibility index (Phi) is 4.31. The van der Waals surface area contributed by atoms with Crippen molar-refractivity contribution in [2.45, 2.75) is 25.9 Å². The largest absolute Gasteiger partial charge is 0.492 e. The summed E-state index contributed by atoms with van der Waals surface area (Å²) in [5, 5.41) is 20.4. The summed E-state index contributed by atoms with van der Waals surface area (Å²) in [6.45, 7) is 3.56. The van der Waals surface area contributed by atoms with Crippen molar-refractivity contribution in [3.05, 3.63) is 33.3 Å². The molecule has 0 aliphatic rings. The molecule has 1 rings (SSSR count). The van der Waals surface area contributed by atoms with Crippen molar-refractivity contribution >= 4 is 17.3 Å². The van der Waals surface area contributed by atoms with Gasteiger partial charge in [-0.1, -0.05) is 11.6 Å². The second-order valence-electron chi connectivity index (χ2n) is 4.28. The summed E-state index contributed by atoms with van der Waals surface area (Å²) in [7, 11) is 0. The number of non-ortho nitro benzene ring substituents is 1. The molecule has 0 radical (unpaired) electrons. The first kappa shape index (κ1) is 13.7. The van der Waals surface area contributed by atoms with Crippen molar-refractivity contribution < 1.29 is 14.8 Å². The Labute approximate surface area is 104 Å². The number of aliphatic hydroxyl groups is 1. The maximum absolute atomic E-state index is 10.6. The SMILES string of the molecule is CC(C)(O)CCOc1cc([N+](=O)[O-])ccc1Cl. The number of nitrogens with zero attached hydrogens (tertiary/aromatic N) is 1. The molecule has 0 atom stereocenters. The summed E-state index contributed by atoms with van der Waals surface area (Å²) in [6, 6.07) is 4.00. The molecule has 1 aromatic carbocycles. The second-order valence-corrected chi connectivity index (χ2v) is 4.69. The van der Waals surface area contributed by atoms with Crippen LogP contribution < -0.4 is 4.74 Å². The van der Waals surface area contributed by atoms with Gasteiger partial charge in [0, 0.05) is 12.5 Å². The first-order valence-corrected chi connectivity index (χ1v) is 5.46. The molecule has 94 valence electrons. The van der Waals surface area contributed by atoms with Crippen LogP contribution in [0.5, 0.6) is 5.75 Å². The van der Waals surface area contributed by atoms with E-state index in [1.54, 1.807) is 13.8 Å². The van der Waals surface area contributed by atoms with E-state index in [4.69, 9.17) is 16.3 Å². The lowest BCUT2D eigenvalue weighted by Gasteiger charge is -2.17. The Bertz CT molecular complexity index is 414. The normalized spacial score (nSPS) is 11.3. The van der Waals surface area contributed by atoms with Crippen LogP contribution in [0.15, 0.2) is 18.2 Å². The summed E-state index contributed by atoms with van der Waals surface area (Å²) >= 11 is 5.84. The van der Waals surface area contributed by atoms with E-state index in [-0.39, 0.29) is 18.0 Å². The van der Waals surface area contributed by atoms with Gasteiger partial charge in [-0.3, -0.25) is 10.1 Å². The van der Waals surface area contributed by atoms with E-state index in [1.165, 1.54) is 18.2 Å². The van der Waals surface area contributed by atoms with Crippen molar-refractivity contribution in [2.24, 2.45) is 0 Å². The van der Waals surface area contributed by atoms with Gasteiger partial charge in [0.05, 0.1) is 28.2 Å². The molecule has 0 saturated carbocycles. The maximum Gasteiger partial charge on any atom is 0.273 e. The van der Waals surface area contributed by atoms with Crippen molar-refractivity contribution in [3.8, 4) is 5.75 Å². The van der Waals surface area contributed by atoms with E-state index in [9.17, 15) is 15.2 Å². The van der Waals surface area contributed by atoms with Gasteiger partial charge in [0.1, 0.15) is 5.75 Å². The summed E-state index contributed by atoms with van der Waals surface area (Å²) in [5.74, 6) is 0.255. The van der Waals surface area contributed by atoms with Crippen LogP contribution in [0.4, 0.5) is 5.69 Å². The number of halogens is 1. The third kappa shape index (κ3) is 4.58. The summed E-state index contributed by atoms with van der Waals surface area (Å²) in [4.78, 5) is 10.0. The molecular formula is C11H14ClNO4. The lowest BCUT2D eigenvalue weighted by atomic mass is 10.1. The van der Waals surface area contributed by atoms with Gasteiger partial charge in [-0.05, 0) is 19.9 Å². The molecule has 0 amide bonds.